The molecule has 0 saturated heterocycles. The molecule has 0 amide bonds. The minimum absolute atomic E-state index is 0.673. The van der Waals surface area contributed by atoms with Crippen molar-refractivity contribution >= 4 is 21.9 Å². The molecule has 0 fully saturated rings. The Morgan fingerprint density at radius 2 is 0.701 bits per heavy atom. The van der Waals surface area contributed by atoms with Crippen molar-refractivity contribution in [2.45, 2.75) is 0 Å². The summed E-state index contributed by atoms with van der Waals surface area (Å²) in [5, 5.41) is 2.16. The summed E-state index contributed by atoms with van der Waals surface area (Å²) in [5.41, 5.74) is 19.9. The van der Waals surface area contributed by atoms with E-state index in [0.29, 0.717) is 5.82 Å². The Bertz CT molecular complexity index is 3700. The van der Waals surface area contributed by atoms with Crippen molar-refractivity contribution in [2.75, 3.05) is 0 Å². The van der Waals surface area contributed by atoms with Crippen LogP contribution in [0.1, 0.15) is 0 Å². The maximum atomic E-state index is 5.45. The van der Waals surface area contributed by atoms with Gasteiger partial charge in [0.2, 0.25) is 0 Å². The van der Waals surface area contributed by atoms with Crippen molar-refractivity contribution in [2.24, 2.45) is 0 Å². The maximum Gasteiger partial charge on any atom is 0.162 e. The first-order valence-electron chi connectivity index (χ1n) is 22.8. The lowest BCUT2D eigenvalue weighted by molar-refractivity contribution is 1.11. The van der Waals surface area contributed by atoms with Crippen LogP contribution in [0.4, 0.5) is 0 Å². The fourth-order valence-electron chi connectivity index (χ4n) is 9.79. The fraction of sp³-hybridized carbons (Fsp3) is 0. The Balaban J connectivity index is 1.07. The predicted octanol–water partition coefficient (Wildman–Crippen LogP) is 16.9. The van der Waals surface area contributed by atoms with Crippen molar-refractivity contribution in [3.63, 3.8) is 0 Å². The van der Waals surface area contributed by atoms with E-state index in [1.54, 1.807) is 0 Å². The van der Waals surface area contributed by atoms with Crippen LogP contribution < -0.4 is 0 Å². The SMILES string of the molecule is c1ccc(-c2cc(-c3cccc(-c4cccc(-c5nc(-c6ccccc6)c6c7ccccc7n(-c7ccccc7)c6n5)c4)c3)c(-c3ccccc3)c(-c3ccccc3)c2-c2ccccc2)cc1. The molecule has 2 heterocycles. The summed E-state index contributed by atoms with van der Waals surface area (Å²) < 4.78 is 2.27. The minimum Gasteiger partial charge on any atom is -0.294 e. The van der Waals surface area contributed by atoms with Gasteiger partial charge in [-0.1, -0.05) is 224 Å². The summed E-state index contributed by atoms with van der Waals surface area (Å²) >= 11 is 0. The fourth-order valence-corrected chi connectivity index (χ4v) is 9.79. The van der Waals surface area contributed by atoms with Crippen molar-refractivity contribution < 1.29 is 0 Å². The van der Waals surface area contributed by atoms with Gasteiger partial charge in [-0.2, -0.15) is 0 Å². The Labute approximate surface area is 390 Å². The molecule has 0 aliphatic carbocycles. The van der Waals surface area contributed by atoms with Gasteiger partial charge in [-0.05, 0) is 103 Å². The van der Waals surface area contributed by atoms with Crippen LogP contribution in [0.2, 0.25) is 0 Å². The summed E-state index contributed by atoms with van der Waals surface area (Å²) in [4.78, 5) is 10.9. The Morgan fingerprint density at radius 1 is 0.284 bits per heavy atom. The minimum atomic E-state index is 0.673. The van der Waals surface area contributed by atoms with E-state index < -0.39 is 0 Å². The molecular formula is C64H43N3. The zero-order chi connectivity index (χ0) is 44.5. The second-order valence-corrected chi connectivity index (χ2v) is 16.9. The molecule has 3 heteroatoms. The molecule has 0 radical (unpaired) electrons. The monoisotopic (exact) mass is 853 g/mol. The molecule has 0 unspecified atom stereocenters. The Morgan fingerprint density at radius 3 is 1.28 bits per heavy atom. The maximum absolute atomic E-state index is 5.45. The van der Waals surface area contributed by atoms with E-state index in [2.05, 4.69) is 265 Å². The highest BCUT2D eigenvalue weighted by atomic mass is 15.1. The summed E-state index contributed by atoms with van der Waals surface area (Å²) in [6, 6.07) is 93.1. The van der Waals surface area contributed by atoms with E-state index in [9.17, 15) is 0 Å². The van der Waals surface area contributed by atoms with E-state index in [1.807, 2.05) is 0 Å². The molecule has 12 aromatic rings. The van der Waals surface area contributed by atoms with Gasteiger partial charge < -0.3 is 0 Å². The number of aromatic nitrogens is 3. The number of rotatable bonds is 9. The summed E-state index contributed by atoms with van der Waals surface area (Å²) in [6.07, 6.45) is 0. The molecule has 0 N–H and O–H groups in total. The van der Waals surface area contributed by atoms with Crippen LogP contribution in [-0.4, -0.2) is 14.5 Å². The first-order chi connectivity index (χ1) is 33.3. The second kappa shape index (κ2) is 17.2. The molecule has 0 atom stereocenters. The Hall–Kier alpha value is -8.92. The molecule has 314 valence electrons. The highest BCUT2D eigenvalue weighted by Gasteiger charge is 2.25. The standard InChI is InChI=1S/C64H43N3/c1-7-23-44(24-8-1)55-43-56(59(46-27-11-3-12-28-46)60(47-29-13-4-14-30-47)58(55)45-25-9-2-10-26-45)51-35-21-33-49(41-51)50-34-22-36-52(42-50)63-65-62(48-31-15-5-16-32-48)61-54-39-19-20-40-57(54)67(64(61)66-63)53-37-17-6-18-38-53/h1-43H. The van der Waals surface area contributed by atoms with E-state index in [4.69, 9.17) is 9.97 Å². The second-order valence-electron chi connectivity index (χ2n) is 16.9. The number of nitrogens with zero attached hydrogens (tertiary/aromatic N) is 3. The molecule has 2 aromatic heterocycles. The van der Waals surface area contributed by atoms with E-state index in [1.165, 1.54) is 38.9 Å². The first-order valence-corrected chi connectivity index (χ1v) is 22.8. The molecule has 12 rings (SSSR count). The summed E-state index contributed by atoms with van der Waals surface area (Å²) in [6.45, 7) is 0. The number of hydrogen-bond acceptors (Lipinski definition) is 2. The van der Waals surface area contributed by atoms with Gasteiger partial charge in [-0.15, -0.1) is 0 Å². The predicted molar refractivity (Wildman–Crippen MR) is 280 cm³/mol. The van der Waals surface area contributed by atoms with Gasteiger partial charge in [0.05, 0.1) is 16.6 Å². The van der Waals surface area contributed by atoms with Crippen molar-refractivity contribution in [1.82, 2.24) is 14.5 Å². The largest absolute Gasteiger partial charge is 0.294 e. The van der Waals surface area contributed by atoms with Crippen molar-refractivity contribution in [3.8, 4) is 95.1 Å². The zero-order valence-electron chi connectivity index (χ0n) is 36.7. The molecule has 0 aliphatic heterocycles. The van der Waals surface area contributed by atoms with Crippen molar-refractivity contribution in [1.29, 1.82) is 0 Å². The van der Waals surface area contributed by atoms with Crippen LogP contribution in [0.3, 0.4) is 0 Å². The third kappa shape index (κ3) is 7.29. The van der Waals surface area contributed by atoms with Gasteiger partial charge in [0.1, 0.15) is 5.65 Å². The topological polar surface area (TPSA) is 30.7 Å². The third-order valence-electron chi connectivity index (χ3n) is 12.8. The van der Waals surface area contributed by atoms with Crippen LogP contribution >= 0.6 is 0 Å². The van der Waals surface area contributed by atoms with E-state index in [0.717, 1.165) is 72.3 Å². The number of hydrogen-bond donors (Lipinski definition) is 0. The molecule has 3 nitrogen and oxygen atoms in total. The van der Waals surface area contributed by atoms with Crippen LogP contribution in [0.5, 0.6) is 0 Å². The zero-order valence-corrected chi connectivity index (χ0v) is 36.7. The molecule has 67 heavy (non-hydrogen) atoms. The average molecular weight is 854 g/mol. The number of fused-ring (bicyclic) bond motifs is 3. The highest BCUT2D eigenvalue weighted by Crippen LogP contribution is 2.50. The molecule has 0 saturated carbocycles. The van der Waals surface area contributed by atoms with E-state index >= 15 is 0 Å². The molecule has 0 aliphatic rings. The Kier molecular flexibility index (Phi) is 10.2. The highest BCUT2D eigenvalue weighted by molar-refractivity contribution is 6.14. The lowest BCUT2D eigenvalue weighted by atomic mass is 9.78. The van der Waals surface area contributed by atoms with Gasteiger partial charge in [-0.25, -0.2) is 9.97 Å². The van der Waals surface area contributed by atoms with Crippen LogP contribution in [0.15, 0.2) is 261 Å². The summed E-state index contributed by atoms with van der Waals surface area (Å²) in [7, 11) is 0. The molecule has 10 aromatic carbocycles. The number of benzene rings is 10. The number of para-hydroxylation sites is 2. The molecule has 0 spiro atoms. The van der Waals surface area contributed by atoms with Gasteiger partial charge in [-0.3, -0.25) is 4.57 Å². The normalized spacial score (nSPS) is 11.3. The third-order valence-corrected chi connectivity index (χ3v) is 12.8. The van der Waals surface area contributed by atoms with Gasteiger partial charge in [0, 0.05) is 22.2 Å². The van der Waals surface area contributed by atoms with Crippen LogP contribution in [0, 0.1) is 0 Å². The lowest BCUT2D eigenvalue weighted by Crippen LogP contribution is -1.99. The molecular weight excluding hydrogens is 811 g/mol. The average Bonchev–Trinajstić information content (AvgIpc) is 3.76. The van der Waals surface area contributed by atoms with Crippen LogP contribution in [0.25, 0.3) is 117 Å². The molecule has 0 bridgehead atoms. The smallest absolute Gasteiger partial charge is 0.162 e. The quantitative estimate of drug-likeness (QED) is 0.145. The lowest BCUT2D eigenvalue weighted by Gasteiger charge is -2.24. The van der Waals surface area contributed by atoms with Gasteiger partial charge in [0.25, 0.3) is 0 Å². The summed E-state index contributed by atoms with van der Waals surface area (Å²) in [5.74, 6) is 0.673. The first kappa shape index (κ1) is 39.7. The van der Waals surface area contributed by atoms with E-state index in [-0.39, 0.29) is 0 Å². The van der Waals surface area contributed by atoms with Gasteiger partial charge >= 0.3 is 0 Å². The van der Waals surface area contributed by atoms with Gasteiger partial charge in [0.15, 0.2) is 5.82 Å². The van der Waals surface area contributed by atoms with Crippen molar-refractivity contribution in [3.05, 3.63) is 261 Å². The van der Waals surface area contributed by atoms with Crippen LogP contribution in [-0.2, 0) is 0 Å².